The Bertz CT molecular complexity index is 1420. The fraction of sp³-hybridized carbons (Fsp3) is 0.360. The summed E-state index contributed by atoms with van der Waals surface area (Å²) in [5.74, 6) is -0.609. The minimum Gasteiger partial charge on any atom is -0.423 e. The molecule has 35 heavy (non-hydrogen) atoms. The molecule has 2 aromatic carbocycles. The molecule has 2 unspecified atom stereocenters. The molecule has 0 bridgehead atoms. The lowest BCUT2D eigenvalue weighted by Gasteiger charge is -2.34. The SMILES string of the molecule is CCCc1cc(=O)oc2cc(OC(=O)c3ccc(Cl)c(S(=O)(=O)N4CC(C)OC(C)C4)c3)ccc12. The zero-order valence-corrected chi connectivity index (χ0v) is 21.2. The largest absolute Gasteiger partial charge is 0.423 e. The van der Waals surface area contributed by atoms with Crippen molar-refractivity contribution in [3.63, 3.8) is 0 Å². The van der Waals surface area contributed by atoms with E-state index in [-0.39, 0.29) is 46.5 Å². The number of carbonyl (C=O) groups excluding carboxylic acids is 1. The van der Waals surface area contributed by atoms with E-state index in [1.54, 1.807) is 26.0 Å². The van der Waals surface area contributed by atoms with Crippen molar-refractivity contribution in [3.8, 4) is 5.75 Å². The molecule has 1 aliphatic heterocycles. The Kier molecular flexibility index (Phi) is 7.32. The first-order chi connectivity index (χ1) is 16.6. The predicted molar refractivity (Wildman–Crippen MR) is 132 cm³/mol. The number of aryl methyl sites for hydroxylation is 1. The molecule has 186 valence electrons. The summed E-state index contributed by atoms with van der Waals surface area (Å²) in [5.41, 5.74) is 0.699. The van der Waals surface area contributed by atoms with E-state index in [2.05, 4.69) is 0 Å². The van der Waals surface area contributed by atoms with Crippen LogP contribution < -0.4 is 10.4 Å². The molecule has 0 amide bonds. The third-order valence-corrected chi connectivity index (χ3v) is 8.02. The van der Waals surface area contributed by atoms with Crippen molar-refractivity contribution < 1.29 is 27.1 Å². The quantitative estimate of drug-likeness (QED) is 0.270. The molecule has 1 aromatic heterocycles. The molecule has 1 saturated heterocycles. The van der Waals surface area contributed by atoms with Gasteiger partial charge in [0.05, 0.1) is 22.8 Å². The van der Waals surface area contributed by atoms with Gasteiger partial charge >= 0.3 is 11.6 Å². The topological polar surface area (TPSA) is 103 Å². The van der Waals surface area contributed by atoms with Gasteiger partial charge in [-0.3, -0.25) is 0 Å². The Morgan fingerprint density at radius 3 is 2.51 bits per heavy atom. The number of rotatable bonds is 6. The first-order valence-corrected chi connectivity index (χ1v) is 13.1. The molecule has 1 aliphatic rings. The molecular formula is C25H26ClNO7S. The lowest BCUT2D eigenvalue weighted by Crippen LogP contribution is -2.48. The molecule has 4 rings (SSSR count). The van der Waals surface area contributed by atoms with Gasteiger partial charge in [0.25, 0.3) is 0 Å². The monoisotopic (exact) mass is 519 g/mol. The second kappa shape index (κ2) is 10.1. The van der Waals surface area contributed by atoms with Gasteiger partial charge < -0.3 is 13.9 Å². The fourth-order valence-electron chi connectivity index (χ4n) is 4.21. The number of halogens is 1. The van der Waals surface area contributed by atoms with Crippen LogP contribution in [0.1, 0.15) is 43.1 Å². The number of ether oxygens (including phenoxy) is 2. The normalized spacial score (nSPS) is 19.1. The van der Waals surface area contributed by atoms with Crippen molar-refractivity contribution in [2.45, 2.75) is 50.7 Å². The lowest BCUT2D eigenvalue weighted by molar-refractivity contribution is -0.0440. The Hall–Kier alpha value is -2.72. The van der Waals surface area contributed by atoms with E-state index in [0.717, 1.165) is 17.4 Å². The summed E-state index contributed by atoms with van der Waals surface area (Å²) in [6.07, 6.45) is 1.03. The summed E-state index contributed by atoms with van der Waals surface area (Å²) in [7, 11) is -3.97. The molecule has 0 radical (unpaired) electrons. The molecule has 1 fully saturated rings. The maximum Gasteiger partial charge on any atom is 0.343 e. The molecule has 8 nitrogen and oxygen atoms in total. The first kappa shape index (κ1) is 25.4. The number of nitrogens with zero attached hydrogens (tertiary/aromatic N) is 1. The Balaban J connectivity index is 1.62. The van der Waals surface area contributed by atoms with Crippen molar-refractivity contribution in [1.29, 1.82) is 0 Å². The van der Waals surface area contributed by atoms with Crippen LogP contribution in [0.5, 0.6) is 5.75 Å². The molecule has 0 spiro atoms. The number of benzene rings is 2. The number of esters is 1. The zero-order chi connectivity index (χ0) is 25.3. The number of fused-ring (bicyclic) bond motifs is 1. The molecule has 0 aliphatic carbocycles. The van der Waals surface area contributed by atoms with E-state index in [4.69, 9.17) is 25.5 Å². The summed E-state index contributed by atoms with van der Waals surface area (Å²) in [4.78, 5) is 24.6. The van der Waals surface area contributed by atoms with E-state index < -0.39 is 21.6 Å². The van der Waals surface area contributed by atoms with Crippen LogP contribution in [-0.4, -0.2) is 44.0 Å². The van der Waals surface area contributed by atoms with E-state index in [0.29, 0.717) is 12.0 Å². The van der Waals surface area contributed by atoms with Crippen LogP contribution in [-0.2, 0) is 21.2 Å². The average molecular weight is 520 g/mol. The highest BCUT2D eigenvalue weighted by molar-refractivity contribution is 7.89. The smallest absolute Gasteiger partial charge is 0.343 e. The van der Waals surface area contributed by atoms with Crippen LogP contribution >= 0.6 is 11.6 Å². The number of morpholine rings is 1. The molecule has 2 atom stereocenters. The van der Waals surface area contributed by atoms with Crippen LogP contribution in [0.3, 0.4) is 0 Å². The highest BCUT2D eigenvalue weighted by atomic mass is 35.5. The van der Waals surface area contributed by atoms with Gasteiger partial charge in [-0.25, -0.2) is 18.0 Å². The molecule has 2 heterocycles. The molecular weight excluding hydrogens is 494 g/mol. The minimum atomic E-state index is -3.97. The number of hydrogen-bond donors (Lipinski definition) is 0. The van der Waals surface area contributed by atoms with Crippen molar-refractivity contribution in [1.82, 2.24) is 4.31 Å². The van der Waals surface area contributed by atoms with Gasteiger partial charge in [0.2, 0.25) is 10.0 Å². The summed E-state index contributed by atoms with van der Waals surface area (Å²) in [6.45, 7) is 5.96. The van der Waals surface area contributed by atoms with Crippen molar-refractivity contribution in [3.05, 3.63) is 69.0 Å². The van der Waals surface area contributed by atoms with Gasteiger partial charge in [-0.05, 0) is 56.2 Å². The second-order valence-electron chi connectivity index (χ2n) is 8.61. The fourth-order valence-corrected chi connectivity index (χ4v) is 6.30. The highest BCUT2D eigenvalue weighted by Crippen LogP contribution is 2.29. The maximum atomic E-state index is 13.3. The summed E-state index contributed by atoms with van der Waals surface area (Å²) in [5, 5.41) is 0.768. The first-order valence-electron chi connectivity index (χ1n) is 11.3. The van der Waals surface area contributed by atoms with Crippen molar-refractivity contribution in [2.75, 3.05) is 13.1 Å². The van der Waals surface area contributed by atoms with E-state index >= 15 is 0 Å². The standard InChI is InChI=1S/C25H26ClNO7S/c1-4-5-17-11-24(28)34-22-12-19(7-8-20(17)22)33-25(29)18-6-9-21(26)23(10-18)35(30,31)27-13-15(2)32-16(3)14-27/h6-12,15-16H,4-5,13-14H2,1-3H3. The molecule has 0 saturated carbocycles. The van der Waals surface area contributed by atoms with Gasteiger partial charge in [-0.2, -0.15) is 4.31 Å². The van der Waals surface area contributed by atoms with Crippen LogP contribution in [0.15, 0.2) is 56.6 Å². The minimum absolute atomic E-state index is 0.00396. The van der Waals surface area contributed by atoms with Crippen LogP contribution in [0.2, 0.25) is 5.02 Å². The second-order valence-corrected chi connectivity index (χ2v) is 10.9. The van der Waals surface area contributed by atoms with Gasteiger partial charge in [-0.15, -0.1) is 0 Å². The van der Waals surface area contributed by atoms with Crippen LogP contribution in [0.4, 0.5) is 0 Å². The van der Waals surface area contributed by atoms with Gasteiger partial charge in [0, 0.05) is 30.6 Å². The van der Waals surface area contributed by atoms with Gasteiger partial charge in [0.15, 0.2) is 0 Å². The number of sulfonamides is 1. The Morgan fingerprint density at radius 2 is 1.83 bits per heavy atom. The third-order valence-electron chi connectivity index (χ3n) is 5.70. The van der Waals surface area contributed by atoms with Crippen LogP contribution in [0.25, 0.3) is 11.0 Å². The maximum absolute atomic E-state index is 13.3. The predicted octanol–water partition coefficient (Wildman–Crippen LogP) is 4.42. The van der Waals surface area contributed by atoms with Crippen molar-refractivity contribution in [2.24, 2.45) is 0 Å². The van der Waals surface area contributed by atoms with Crippen molar-refractivity contribution >= 4 is 38.6 Å². The molecule has 10 heteroatoms. The van der Waals surface area contributed by atoms with E-state index in [1.807, 2.05) is 6.92 Å². The summed E-state index contributed by atoms with van der Waals surface area (Å²) in [6, 6.07) is 10.2. The third kappa shape index (κ3) is 5.43. The van der Waals surface area contributed by atoms with Crippen LogP contribution in [0, 0.1) is 0 Å². The van der Waals surface area contributed by atoms with Gasteiger partial charge in [-0.1, -0.05) is 24.9 Å². The Morgan fingerprint density at radius 1 is 1.11 bits per heavy atom. The Labute approximate surface area is 208 Å². The summed E-state index contributed by atoms with van der Waals surface area (Å²) < 4.78 is 44.3. The molecule has 3 aromatic rings. The summed E-state index contributed by atoms with van der Waals surface area (Å²) >= 11 is 6.23. The number of hydrogen-bond acceptors (Lipinski definition) is 7. The molecule has 0 N–H and O–H groups in total. The highest BCUT2D eigenvalue weighted by Gasteiger charge is 2.34. The average Bonchev–Trinajstić information content (AvgIpc) is 2.78. The van der Waals surface area contributed by atoms with E-state index in [1.165, 1.54) is 34.6 Å². The van der Waals surface area contributed by atoms with E-state index in [9.17, 15) is 18.0 Å². The lowest BCUT2D eigenvalue weighted by atomic mass is 10.1. The zero-order valence-electron chi connectivity index (χ0n) is 19.6. The number of carbonyl (C=O) groups is 1. The van der Waals surface area contributed by atoms with Gasteiger partial charge in [0.1, 0.15) is 16.2 Å².